The molecule has 1 saturated carbocycles. The van der Waals surface area contributed by atoms with E-state index in [2.05, 4.69) is 15.4 Å². The van der Waals surface area contributed by atoms with Crippen molar-refractivity contribution in [1.82, 2.24) is 29.2 Å². The van der Waals surface area contributed by atoms with Crippen molar-refractivity contribution in [3.8, 4) is 5.69 Å². The molecular weight excluding hydrogens is 380 g/mol. The third-order valence-corrected chi connectivity index (χ3v) is 5.31. The van der Waals surface area contributed by atoms with Crippen LogP contribution in [0.1, 0.15) is 24.6 Å². The number of para-hydroxylation sites is 3. The zero-order valence-electron chi connectivity index (χ0n) is 16.4. The average molecular weight is 402 g/mol. The van der Waals surface area contributed by atoms with Crippen LogP contribution in [0.3, 0.4) is 0 Å². The molecular formula is C22H22N6O2. The van der Waals surface area contributed by atoms with Gasteiger partial charge in [-0.25, -0.2) is 19.0 Å². The highest BCUT2D eigenvalue weighted by Crippen LogP contribution is 2.39. The van der Waals surface area contributed by atoms with Gasteiger partial charge in [0.25, 0.3) is 0 Å². The molecule has 30 heavy (non-hydrogen) atoms. The summed E-state index contributed by atoms with van der Waals surface area (Å²) in [7, 11) is 0. The Morgan fingerprint density at radius 3 is 2.63 bits per heavy atom. The van der Waals surface area contributed by atoms with Crippen LogP contribution >= 0.6 is 0 Å². The maximum atomic E-state index is 12.9. The van der Waals surface area contributed by atoms with Crippen LogP contribution in [0.4, 0.5) is 0 Å². The second-order valence-electron chi connectivity index (χ2n) is 7.52. The van der Waals surface area contributed by atoms with Gasteiger partial charge >= 0.3 is 5.69 Å². The minimum atomic E-state index is -0.169. The van der Waals surface area contributed by atoms with Gasteiger partial charge in [0.05, 0.1) is 29.6 Å². The smallest absolute Gasteiger partial charge is 0.350 e. The molecule has 2 aromatic heterocycles. The van der Waals surface area contributed by atoms with Gasteiger partial charge in [0.2, 0.25) is 5.91 Å². The van der Waals surface area contributed by atoms with Crippen molar-refractivity contribution in [3.05, 3.63) is 77.2 Å². The Hall–Kier alpha value is -3.68. The number of hydrogen-bond donors (Lipinski definition) is 1. The summed E-state index contributed by atoms with van der Waals surface area (Å²) in [5.74, 6) is 1.02. The summed E-state index contributed by atoms with van der Waals surface area (Å²) in [5.41, 5.74) is 2.43. The van der Waals surface area contributed by atoms with E-state index in [1.807, 2.05) is 59.2 Å². The predicted molar refractivity (Wildman–Crippen MR) is 113 cm³/mol. The fourth-order valence-corrected chi connectivity index (χ4v) is 3.64. The van der Waals surface area contributed by atoms with Crippen molar-refractivity contribution in [1.29, 1.82) is 0 Å². The first kappa shape index (κ1) is 18.4. The van der Waals surface area contributed by atoms with Gasteiger partial charge in [0.15, 0.2) is 0 Å². The Morgan fingerprint density at radius 1 is 1.07 bits per heavy atom. The predicted octanol–water partition coefficient (Wildman–Crippen LogP) is 2.08. The normalized spacial score (nSPS) is 13.6. The summed E-state index contributed by atoms with van der Waals surface area (Å²) in [6, 6.07) is 17.3. The van der Waals surface area contributed by atoms with Gasteiger partial charge < -0.3 is 9.88 Å². The van der Waals surface area contributed by atoms with E-state index in [4.69, 9.17) is 0 Å². The minimum absolute atomic E-state index is 0.129. The van der Waals surface area contributed by atoms with Gasteiger partial charge in [0.1, 0.15) is 12.4 Å². The van der Waals surface area contributed by atoms with Crippen LogP contribution in [0.5, 0.6) is 0 Å². The van der Waals surface area contributed by atoms with E-state index >= 15 is 0 Å². The molecule has 1 aliphatic rings. The molecule has 2 heterocycles. The molecule has 8 nitrogen and oxygen atoms in total. The number of nitrogens with zero attached hydrogens (tertiary/aromatic N) is 5. The van der Waals surface area contributed by atoms with E-state index in [0.717, 1.165) is 35.4 Å². The van der Waals surface area contributed by atoms with E-state index < -0.39 is 0 Å². The van der Waals surface area contributed by atoms with Crippen molar-refractivity contribution >= 4 is 16.9 Å². The number of aromatic nitrogens is 5. The Morgan fingerprint density at radius 2 is 1.83 bits per heavy atom. The van der Waals surface area contributed by atoms with Gasteiger partial charge in [0, 0.05) is 12.5 Å². The summed E-state index contributed by atoms with van der Waals surface area (Å²) in [6.07, 6.45) is 3.77. The molecule has 5 rings (SSSR count). The maximum Gasteiger partial charge on any atom is 0.350 e. The van der Waals surface area contributed by atoms with Crippen LogP contribution in [0.15, 0.2) is 65.7 Å². The van der Waals surface area contributed by atoms with Crippen molar-refractivity contribution in [2.75, 3.05) is 6.54 Å². The van der Waals surface area contributed by atoms with Gasteiger partial charge in [-0.05, 0) is 37.1 Å². The lowest BCUT2D eigenvalue weighted by molar-refractivity contribution is -0.121. The lowest BCUT2D eigenvalue weighted by atomic mass is 10.3. The fourth-order valence-electron chi connectivity index (χ4n) is 3.64. The molecule has 4 aromatic rings. The van der Waals surface area contributed by atoms with E-state index in [1.165, 1.54) is 4.68 Å². The Labute approximate surface area is 172 Å². The summed E-state index contributed by atoms with van der Waals surface area (Å²) in [6.45, 7) is 0.845. The molecule has 0 saturated heterocycles. The molecule has 0 unspecified atom stereocenters. The van der Waals surface area contributed by atoms with Crippen LogP contribution in [0, 0.1) is 0 Å². The lowest BCUT2D eigenvalue weighted by Crippen LogP contribution is -2.33. The maximum absolute atomic E-state index is 12.9. The molecule has 0 aliphatic heterocycles. The Balaban J connectivity index is 1.27. The molecule has 0 spiro atoms. The number of rotatable bonds is 7. The van der Waals surface area contributed by atoms with E-state index in [1.54, 1.807) is 10.9 Å². The van der Waals surface area contributed by atoms with Crippen LogP contribution in [0.25, 0.3) is 16.7 Å². The van der Waals surface area contributed by atoms with Crippen LogP contribution in [-0.4, -0.2) is 36.4 Å². The SMILES string of the molecule is O=C(Cn1cnc2ccccc21)NCCn1nc(C2CC2)n(-c2ccccc2)c1=O. The highest BCUT2D eigenvalue weighted by Gasteiger charge is 2.31. The van der Waals surface area contributed by atoms with Crippen LogP contribution in [-0.2, 0) is 17.9 Å². The molecule has 0 radical (unpaired) electrons. The van der Waals surface area contributed by atoms with Crippen molar-refractivity contribution < 1.29 is 4.79 Å². The second kappa shape index (κ2) is 7.62. The zero-order chi connectivity index (χ0) is 20.5. The number of carbonyl (C=O) groups is 1. The number of carbonyl (C=O) groups excluding carboxylic acids is 1. The second-order valence-corrected chi connectivity index (χ2v) is 7.52. The molecule has 2 aromatic carbocycles. The first-order chi connectivity index (χ1) is 14.7. The Bertz CT molecular complexity index is 1250. The zero-order valence-corrected chi connectivity index (χ0v) is 16.4. The standard InChI is InChI=1S/C22H22N6O2/c29-20(14-26-15-24-18-8-4-5-9-19(18)26)23-12-13-27-22(30)28(17-6-2-1-3-7-17)21(25-27)16-10-11-16/h1-9,15-16H,10-14H2,(H,23,29). The topological polar surface area (TPSA) is 86.7 Å². The van der Waals surface area contributed by atoms with Crippen LogP contribution in [0.2, 0.25) is 0 Å². The van der Waals surface area contributed by atoms with Crippen molar-refractivity contribution in [2.24, 2.45) is 0 Å². The number of hydrogen-bond acceptors (Lipinski definition) is 4. The molecule has 1 N–H and O–H groups in total. The number of nitrogens with one attached hydrogen (secondary N) is 1. The number of benzene rings is 2. The molecule has 0 atom stereocenters. The quantitative estimate of drug-likeness (QED) is 0.513. The molecule has 1 fully saturated rings. The third kappa shape index (κ3) is 3.52. The average Bonchev–Trinajstić information content (AvgIpc) is 3.46. The summed E-state index contributed by atoms with van der Waals surface area (Å²) < 4.78 is 4.96. The number of amides is 1. The lowest BCUT2D eigenvalue weighted by Gasteiger charge is -2.06. The molecule has 1 aliphatic carbocycles. The molecule has 1 amide bonds. The summed E-state index contributed by atoms with van der Waals surface area (Å²) in [5, 5.41) is 7.44. The number of imidazole rings is 1. The van der Waals surface area contributed by atoms with E-state index in [0.29, 0.717) is 19.0 Å². The third-order valence-electron chi connectivity index (χ3n) is 5.31. The van der Waals surface area contributed by atoms with Gasteiger partial charge in [-0.1, -0.05) is 30.3 Å². The van der Waals surface area contributed by atoms with Gasteiger partial charge in [-0.2, -0.15) is 5.10 Å². The molecule has 0 bridgehead atoms. The summed E-state index contributed by atoms with van der Waals surface area (Å²) in [4.78, 5) is 29.6. The van der Waals surface area contributed by atoms with E-state index in [-0.39, 0.29) is 18.1 Å². The molecule has 152 valence electrons. The fraction of sp³-hybridized carbons (Fsp3) is 0.273. The first-order valence-corrected chi connectivity index (χ1v) is 10.1. The molecule has 8 heteroatoms. The Kier molecular flexibility index (Phi) is 4.66. The van der Waals surface area contributed by atoms with Crippen LogP contribution < -0.4 is 11.0 Å². The first-order valence-electron chi connectivity index (χ1n) is 10.1. The van der Waals surface area contributed by atoms with Gasteiger partial charge in [-0.3, -0.25) is 4.79 Å². The largest absolute Gasteiger partial charge is 0.353 e. The van der Waals surface area contributed by atoms with Crippen molar-refractivity contribution in [2.45, 2.75) is 31.8 Å². The highest BCUT2D eigenvalue weighted by molar-refractivity contribution is 5.80. The van der Waals surface area contributed by atoms with Gasteiger partial charge in [-0.15, -0.1) is 0 Å². The van der Waals surface area contributed by atoms with Crippen molar-refractivity contribution in [3.63, 3.8) is 0 Å². The minimum Gasteiger partial charge on any atom is -0.353 e. The highest BCUT2D eigenvalue weighted by atomic mass is 16.2. The van der Waals surface area contributed by atoms with E-state index in [9.17, 15) is 9.59 Å². The monoisotopic (exact) mass is 402 g/mol. The number of fused-ring (bicyclic) bond motifs is 1. The summed E-state index contributed by atoms with van der Waals surface area (Å²) >= 11 is 0.